The summed E-state index contributed by atoms with van der Waals surface area (Å²) in [6.45, 7) is 1.83. The number of aromatic nitrogens is 2. The molecule has 0 spiro atoms. The fourth-order valence-corrected chi connectivity index (χ4v) is 3.84. The standard InChI is InChI=1S/C25H22ClF3N4O2/c26-21-9-8-18(16-20(21)25(27,28)29)31-22(34)10-7-17-5-4-6-19(15-17)35-23-11-12-30-24(32-23)33-13-2-1-3-14-33/h4-12,15-16H,1-3,13-14H2,(H,31,34)/b10-7+. The number of anilines is 2. The average Bonchev–Trinajstić information content (AvgIpc) is 2.84. The van der Waals surface area contributed by atoms with Gasteiger partial charge in [0.25, 0.3) is 0 Å². The fraction of sp³-hybridized carbons (Fsp3) is 0.240. The Bertz CT molecular complexity index is 1230. The van der Waals surface area contributed by atoms with Crippen molar-refractivity contribution < 1.29 is 22.7 Å². The monoisotopic (exact) mass is 502 g/mol. The van der Waals surface area contributed by atoms with Gasteiger partial charge in [0.1, 0.15) is 5.75 Å². The third kappa shape index (κ3) is 6.73. The molecular weight excluding hydrogens is 481 g/mol. The maximum atomic E-state index is 13.0. The normalized spacial score (nSPS) is 14.2. The van der Waals surface area contributed by atoms with Crippen LogP contribution in [0.2, 0.25) is 5.02 Å². The average molecular weight is 503 g/mol. The Labute approximate surface area is 205 Å². The van der Waals surface area contributed by atoms with Gasteiger partial charge < -0.3 is 15.0 Å². The lowest BCUT2D eigenvalue weighted by Crippen LogP contribution is -2.30. The van der Waals surface area contributed by atoms with E-state index in [1.54, 1.807) is 36.5 Å². The summed E-state index contributed by atoms with van der Waals surface area (Å²) < 4.78 is 44.9. The molecule has 0 bridgehead atoms. The molecule has 1 amide bonds. The lowest BCUT2D eigenvalue weighted by atomic mass is 10.1. The van der Waals surface area contributed by atoms with Crippen LogP contribution in [0.3, 0.4) is 0 Å². The minimum absolute atomic E-state index is 0.0123. The van der Waals surface area contributed by atoms with E-state index in [-0.39, 0.29) is 5.69 Å². The second-order valence-electron chi connectivity index (χ2n) is 7.93. The molecule has 0 saturated carbocycles. The number of ether oxygens (including phenoxy) is 1. The highest BCUT2D eigenvalue weighted by Gasteiger charge is 2.33. The summed E-state index contributed by atoms with van der Waals surface area (Å²) in [7, 11) is 0. The van der Waals surface area contributed by atoms with Gasteiger partial charge in [-0.25, -0.2) is 4.98 Å². The van der Waals surface area contributed by atoms with Gasteiger partial charge in [0.15, 0.2) is 0 Å². The molecule has 2 heterocycles. The molecule has 1 fully saturated rings. The zero-order valence-corrected chi connectivity index (χ0v) is 19.3. The molecule has 6 nitrogen and oxygen atoms in total. The predicted octanol–water partition coefficient (Wildman–Crippen LogP) is 6.58. The van der Waals surface area contributed by atoms with Crippen molar-refractivity contribution in [2.24, 2.45) is 0 Å². The number of amides is 1. The molecule has 0 radical (unpaired) electrons. The number of nitrogens with one attached hydrogen (secondary N) is 1. The molecule has 10 heteroatoms. The number of carbonyl (C=O) groups is 1. The van der Waals surface area contributed by atoms with E-state index in [1.165, 1.54) is 24.6 Å². The summed E-state index contributed by atoms with van der Waals surface area (Å²) in [5.74, 6) is 0.963. The van der Waals surface area contributed by atoms with Crippen molar-refractivity contribution in [2.75, 3.05) is 23.3 Å². The molecule has 1 N–H and O–H groups in total. The molecule has 1 saturated heterocycles. The van der Waals surface area contributed by atoms with Gasteiger partial charge in [-0.15, -0.1) is 0 Å². The van der Waals surface area contributed by atoms with E-state index >= 15 is 0 Å². The van der Waals surface area contributed by atoms with Crippen LogP contribution in [0, 0.1) is 0 Å². The van der Waals surface area contributed by atoms with Crippen molar-refractivity contribution in [3.05, 3.63) is 77.0 Å². The lowest BCUT2D eigenvalue weighted by Gasteiger charge is -2.26. The van der Waals surface area contributed by atoms with Crippen molar-refractivity contribution in [1.29, 1.82) is 0 Å². The lowest BCUT2D eigenvalue weighted by molar-refractivity contribution is -0.137. The van der Waals surface area contributed by atoms with Crippen LogP contribution < -0.4 is 15.0 Å². The SMILES string of the molecule is O=C(/C=C/c1cccc(Oc2ccnc(N3CCCCC3)n2)c1)Nc1ccc(Cl)c(C(F)(F)F)c1. The largest absolute Gasteiger partial charge is 0.439 e. The first-order chi connectivity index (χ1) is 16.8. The highest BCUT2D eigenvalue weighted by molar-refractivity contribution is 6.31. The van der Waals surface area contributed by atoms with E-state index in [0.717, 1.165) is 38.1 Å². The Morgan fingerprint density at radius 2 is 1.89 bits per heavy atom. The third-order valence-corrected chi connectivity index (χ3v) is 5.63. The molecule has 35 heavy (non-hydrogen) atoms. The van der Waals surface area contributed by atoms with E-state index in [0.29, 0.717) is 23.1 Å². The zero-order chi connectivity index (χ0) is 24.8. The number of piperidine rings is 1. The van der Waals surface area contributed by atoms with Gasteiger partial charge in [0.05, 0.1) is 10.6 Å². The second-order valence-corrected chi connectivity index (χ2v) is 8.34. The number of halogens is 4. The van der Waals surface area contributed by atoms with Crippen LogP contribution >= 0.6 is 11.6 Å². The zero-order valence-electron chi connectivity index (χ0n) is 18.6. The molecular formula is C25H22ClF3N4O2. The summed E-state index contributed by atoms with van der Waals surface area (Å²) >= 11 is 5.61. The minimum Gasteiger partial charge on any atom is -0.439 e. The third-order valence-electron chi connectivity index (χ3n) is 5.30. The predicted molar refractivity (Wildman–Crippen MR) is 129 cm³/mol. The van der Waals surface area contributed by atoms with Crippen LogP contribution in [0.15, 0.2) is 60.8 Å². The Kier molecular flexibility index (Phi) is 7.55. The van der Waals surface area contributed by atoms with Crippen molar-refractivity contribution in [1.82, 2.24) is 9.97 Å². The molecule has 2 aromatic carbocycles. The summed E-state index contributed by atoms with van der Waals surface area (Å²) in [6.07, 6.45) is 3.21. The van der Waals surface area contributed by atoms with Crippen LogP contribution in [-0.2, 0) is 11.0 Å². The first kappa shape index (κ1) is 24.5. The topological polar surface area (TPSA) is 67.3 Å². The van der Waals surface area contributed by atoms with Gasteiger partial charge in [-0.2, -0.15) is 18.2 Å². The van der Waals surface area contributed by atoms with Crippen molar-refractivity contribution in [2.45, 2.75) is 25.4 Å². The van der Waals surface area contributed by atoms with Gasteiger partial charge >= 0.3 is 6.18 Å². The maximum absolute atomic E-state index is 13.0. The van der Waals surface area contributed by atoms with Crippen LogP contribution in [-0.4, -0.2) is 29.0 Å². The maximum Gasteiger partial charge on any atom is 0.417 e. The summed E-state index contributed by atoms with van der Waals surface area (Å²) in [5.41, 5.74) is -0.365. The summed E-state index contributed by atoms with van der Waals surface area (Å²) in [6, 6.07) is 11.9. The molecule has 1 aliphatic rings. The molecule has 3 aromatic rings. The highest BCUT2D eigenvalue weighted by Crippen LogP contribution is 2.36. The number of nitrogens with zero attached hydrogens (tertiary/aromatic N) is 3. The Morgan fingerprint density at radius 1 is 1.09 bits per heavy atom. The van der Waals surface area contributed by atoms with Crippen molar-refractivity contribution >= 4 is 35.2 Å². The Hall–Kier alpha value is -3.59. The smallest absolute Gasteiger partial charge is 0.417 e. The van der Waals surface area contributed by atoms with E-state index in [2.05, 4.69) is 20.2 Å². The molecule has 0 unspecified atom stereocenters. The Morgan fingerprint density at radius 3 is 2.66 bits per heavy atom. The quantitative estimate of drug-likeness (QED) is 0.385. The van der Waals surface area contributed by atoms with Gasteiger partial charge in [-0.3, -0.25) is 4.79 Å². The number of rotatable bonds is 6. The van der Waals surface area contributed by atoms with E-state index in [1.807, 2.05) is 0 Å². The van der Waals surface area contributed by atoms with Crippen LogP contribution in [0.25, 0.3) is 6.08 Å². The first-order valence-corrected chi connectivity index (χ1v) is 11.4. The molecule has 1 aliphatic heterocycles. The van der Waals surface area contributed by atoms with Crippen LogP contribution in [0.1, 0.15) is 30.4 Å². The van der Waals surface area contributed by atoms with Crippen LogP contribution in [0.5, 0.6) is 11.6 Å². The van der Waals surface area contributed by atoms with Crippen LogP contribution in [0.4, 0.5) is 24.8 Å². The summed E-state index contributed by atoms with van der Waals surface area (Å²) in [5, 5.41) is 1.97. The van der Waals surface area contributed by atoms with Crippen molar-refractivity contribution in [3.63, 3.8) is 0 Å². The highest BCUT2D eigenvalue weighted by atomic mass is 35.5. The number of benzene rings is 2. The minimum atomic E-state index is -4.62. The van der Waals surface area contributed by atoms with E-state index < -0.39 is 22.7 Å². The second kappa shape index (κ2) is 10.8. The number of hydrogen-bond donors (Lipinski definition) is 1. The number of carbonyl (C=O) groups excluding carboxylic acids is 1. The van der Waals surface area contributed by atoms with E-state index in [4.69, 9.17) is 16.3 Å². The van der Waals surface area contributed by atoms with Gasteiger partial charge in [0, 0.05) is 37.1 Å². The van der Waals surface area contributed by atoms with Gasteiger partial charge in [-0.05, 0) is 61.2 Å². The molecule has 4 rings (SSSR count). The molecule has 0 atom stereocenters. The summed E-state index contributed by atoms with van der Waals surface area (Å²) in [4.78, 5) is 23.2. The first-order valence-electron chi connectivity index (χ1n) is 11.0. The van der Waals surface area contributed by atoms with E-state index in [9.17, 15) is 18.0 Å². The Balaban J connectivity index is 1.40. The molecule has 182 valence electrons. The number of hydrogen-bond acceptors (Lipinski definition) is 5. The van der Waals surface area contributed by atoms with Crippen molar-refractivity contribution in [3.8, 4) is 11.6 Å². The fourth-order valence-electron chi connectivity index (χ4n) is 3.61. The van der Waals surface area contributed by atoms with Gasteiger partial charge in [-0.1, -0.05) is 23.7 Å². The van der Waals surface area contributed by atoms with Gasteiger partial charge in [0.2, 0.25) is 17.7 Å². The molecule has 1 aromatic heterocycles. The number of alkyl halides is 3. The molecule has 0 aliphatic carbocycles.